The molecule has 0 aromatic rings. The molecule has 0 amide bonds. The molecule has 0 radical (unpaired) electrons. The topological polar surface area (TPSA) is 34.1 Å². The normalized spacial score (nSPS) is 48.6. The molecule has 4 fully saturated rings. The van der Waals surface area contributed by atoms with Gasteiger partial charge >= 0.3 is 0 Å². The van der Waals surface area contributed by atoms with Crippen LogP contribution in [0.15, 0.2) is 0 Å². The second kappa shape index (κ2) is 6.78. The van der Waals surface area contributed by atoms with Gasteiger partial charge in [-0.25, -0.2) is 8.42 Å². The van der Waals surface area contributed by atoms with Gasteiger partial charge in [0.1, 0.15) is 10.7 Å². The SMILES string of the molecule is CC1CCCCC2CCC3CC14CCCCCC(C)(C)CC34C2[SH](=O)=O. The molecule has 4 aliphatic rings. The zero-order valence-corrected chi connectivity index (χ0v) is 18.2. The van der Waals surface area contributed by atoms with Gasteiger partial charge in [0.05, 0.1) is 5.25 Å². The third kappa shape index (κ3) is 2.73. The number of fused-ring (bicyclic) bond motifs is 1. The molecular formula is C23H40O2S. The monoisotopic (exact) mass is 380 g/mol. The maximum atomic E-state index is 12.8. The molecule has 6 unspecified atom stereocenters. The minimum absolute atomic E-state index is 0.0390. The van der Waals surface area contributed by atoms with Crippen LogP contribution in [0.1, 0.15) is 104 Å². The number of thiol groups is 1. The van der Waals surface area contributed by atoms with Gasteiger partial charge in [0.2, 0.25) is 0 Å². The van der Waals surface area contributed by atoms with Gasteiger partial charge in [0, 0.05) is 0 Å². The predicted octanol–water partition coefficient (Wildman–Crippen LogP) is 5.96. The molecule has 0 aromatic heterocycles. The van der Waals surface area contributed by atoms with Crippen molar-refractivity contribution in [2.24, 2.45) is 34.0 Å². The van der Waals surface area contributed by atoms with E-state index in [2.05, 4.69) is 20.8 Å². The molecule has 0 saturated heterocycles. The Morgan fingerprint density at radius 1 is 0.846 bits per heavy atom. The first kappa shape index (κ1) is 19.3. The van der Waals surface area contributed by atoms with E-state index in [1.54, 1.807) is 0 Å². The molecule has 3 heteroatoms. The smallest absolute Gasteiger partial charge is 0.143 e. The largest absolute Gasteiger partial charge is 0.232 e. The number of rotatable bonds is 1. The fourth-order valence-electron chi connectivity index (χ4n) is 8.54. The van der Waals surface area contributed by atoms with E-state index in [4.69, 9.17) is 0 Å². The summed E-state index contributed by atoms with van der Waals surface area (Å²) >= 11 is 0. The van der Waals surface area contributed by atoms with Crippen LogP contribution in [0.4, 0.5) is 0 Å². The molecule has 6 atom stereocenters. The van der Waals surface area contributed by atoms with Crippen molar-refractivity contribution in [3.05, 3.63) is 0 Å². The average molecular weight is 381 g/mol. The van der Waals surface area contributed by atoms with E-state index in [1.165, 1.54) is 77.0 Å². The van der Waals surface area contributed by atoms with Crippen LogP contribution in [0, 0.1) is 34.0 Å². The van der Waals surface area contributed by atoms with Crippen LogP contribution in [0.25, 0.3) is 0 Å². The lowest BCUT2D eigenvalue weighted by molar-refractivity contribution is -0.225. The maximum absolute atomic E-state index is 12.8. The van der Waals surface area contributed by atoms with Gasteiger partial charge in [-0.15, -0.1) is 0 Å². The van der Waals surface area contributed by atoms with Gasteiger partial charge < -0.3 is 0 Å². The van der Waals surface area contributed by atoms with E-state index in [-0.39, 0.29) is 16.1 Å². The average Bonchev–Trinajstić information content (AvgIpc) is 2.58. The quantitative estimate of drug-likeness (QED) is 0.569. The van der Waals surface area contributed by atoms with Crippen LogP contribution in [-0.4, -0.2) is 13.7 Å². The Morgan fingerprint density at radius 2 is 1.58 bits per heavy atom. The van der Waals surface area contributed by atoms with Crippen LogP contribution >= 0.6 is 0 Å². The minimum Gasteiger partial charge on any atom is -0.232 e. The summed E-state index contributed by atoms with van der Waals surface area (Å²) in [5.41, 5.74) is 0.679. The minimum atomic E-state index is -2.34. The predicted molar refractivity (Wildman–Crippen MR) is 109 cm³/mol. The van der Waals surface area contributed by atoms with Crippen molar-refractivity contribution in [3.8, 4) is 0 Å². The first-order valence-corrected chi connectivity index (χ1v) is 12.7. The number of hydrogen-bond donors (Lipinski definition) is 1. The van der Waals surface area contributed by atoms with E-state index in [0.717, 1.165) is 6.42 Å². The van der Waals surface area contributed by atoms with Gasteiger partial charge in [-0.1, -0.05) is 59.3 Å². The highest BCUT2D eigenvalue weighted by Gasteiger charge is 2.72. The Morgan fingerprint density at radius 3 is 2.35 bits per heavy atom. The first-order valence-electron chi connectivity index (χ1n) is 11.5. The lowest BCUT2D eigenvalue weighted by Crippen LogP contribution is -2.70. The second-order valence-electron chi connectivity index (χ2n) is 11.3. The van der Waals surface area contributed by atoms with Gasteiger partial charge in [0.25, 0.3) is 0 Å². The van der Waals surface area contributed by atoms with E-state index in [9.17, 15) is 8.42 Å². The Balaban J connectivity index is 1.90. The molecule has 2 bridgehead atoms. The van der Waals surface area contributed by atoms with Gasteiger partial charge in [-0.3, -0.25) is 0 Å². The van der Waals surface area contributed by atoms with Gasteiger partial charge in [-0.05, 0) is 78.9 Å². The standard InChI is InChI=1S/C23H40O2S/c1-17-9-5-6-10-18-11-12-19-15-22(17)14-8-4-7-13-21(2,3)16-23(19,22)20(18)26(24)25/h17-20,26H,4-16H2,1-3H3. The molecule has 4 saturated carbocycles. The fourth-order valence-corrected chi connectivity index (χ4v) is 10.1. The summed E-state index contributed by atoms with van der Waals surface area (Å²) in [7, 11) is -2.34. The Hall–Kier alpha value is -0.0500. The highest BCUT2D eigenvalue weighted by molar-refractivity contribution is 7.73. The fraction of sp³-hybridized carbons (Fsp3) is 1.00. The van der Waals surface area contributed by atoms with Gasteiger partial charge in [-0.2, -0.15) is 0 Å². The maximum Gasteiger partial charge on any atom is 0.143 e. The van der Waals surface area contributed by atoms with Crippen LogP contribution < -0.4 is 0 Å². The molecule has 2 nitrogen and oxygen atoms in total. The zero-order valence-electron chi connectivity index (χ0n) is 17.3. The first-order chi connectivity index (χ1) is 12.3. The number of hydrogen-bond acceptors (Lipinski definition) is 2. The Bertz CT molecular complexity index is 601. The summed E-state index contributed by atoms with van der Waals surface area (Å²) < 4.78 is 25.6. The van der Waals surface area contributed by atoms with Crippen molar-refractivity contribution in [1.29, 1.82) is 0 Å². The third-order valence-corrected chi connectivity index (χ3v) is 10.8. The van der Waals surface area contributed by atoms with Crippen molar-refractivity contribution in [1.82, 2.24) is 0 Å². The molecule has 0 heterocycles. The summed E-state index contributed by atoms with van der Waals surface area (Å²) in [4.78, 5) is 0. The van der Waals surface area contributed by atoms with Crippen LogP contribution in [0.5, 0.6) is 0 Å². The molecule has 150 valence electrons. The third-order valence-electron chi connectivity index (χ3n) is 9.51. The highest BCUT2D eigenvalue weighted by atomic mass is 32.2. The summed E-state index contributed by atoms with van der Waals surface area (Å²) in [6, 6.07) is 0. The second-order valence-corrected chi connectivity index (χ2v) is 12.4. The lowest BCUT2D eigenvalue weighted by atomic mass is 9.32. The lowest BCUT2D eigenvalue weighted by Gasteiger charge is -2.73. The van der Waals surface area contributed by atoms with Crippen molar-refractivity contribution in [2.45, 2.75) is 109 Å². The van der Waals surface area contributed by atoms with E-state index < -0.39 is 10.7 Å². The van der Waals surface area contributed by atoms with Crippen molar-refractivity contribution in [2.75, 3.05) is 0 Å². The van der Waals surface area contributed by atoms with E-state index in [0.29, 0.717) is 23.2 Å². The van der Waals surface area contributed by atoms with Crippen molar-refractivity contribution < 1.29 is 8.42 Å². The zero-order chi connectivity index (χ0) is 18.6. The van der Waals surface area contributed by atoms with Crippen molar-refractivity contribution in [3.63, 3.8) is 0 Å². The Kier molecular flexibility index (Phi) is 5.02. The molecule has 0 N–H and O–H groups in total. The van der Waals surface area contributed by atoms with Gasteiger partial charge in [0.15, 0.2) is 0 Å². The van der Waals surface area contributed by atoms with E-state index >= 15 is 0 Å². The summed E-state index contributed by atoms with van der Waals surface area (Å²) in [6.07, 6.45) is 16.6. The van der Waals surface area contributed by atoms with Crippen LogP contribution in [0.3, 0.4) is 0 Å². The molecule has 1 spiro atoms. The van der Waals surface area contributed by atoms with Crippen molar-refractivity contribution >= 4 is 10.7 Å². The molecule has 4 rings (SSSR count). The molecule has 0 aliphatic heterocycles. The molecule has 0 aromatic carbocycles. The van der Waals surface area contributed by atoms with Crippen LogP contribution in [0.2, 0.25) is 0 Å². The van der Waals surface area contributed by atoms with Crippen LogP contribution in [-0.2, 0) is 10.7 Å². The highest BCUT2D eigenvalue weighted by Crippen LogP contribution is 2.76. The molecular weight excluding hydrogens is 340 g/mol. The molecule has 4 aliphatic carbocycles. The molecule has 26 heavy (non-hydrogen) atoms. The summed E-state index contributed by atoms with van der Waals surface area (Å²) in [6.45, 7) is 7.37. The Labute approximate surface area is 162 Å². The summed E-state index contributed by atoms with van der Waals surface area (Å²) in [5, 5.41) is -0.0390. The summed E-state index contributed by atoms with van der Waals surface area (Å²) in [5.74, 6) is 1.81. The van der Waals surface area contributed by atoms with E-state index in [1.807, 2.05) is 0 Å².